The van der Waals surface area contributed by atoms with E-state index in [1.165, 1.54) is 0 Å². The van der Waals surface area contributed by atoms with Gasteiger partial charge in [0.05, 0.1) is 11.6 Å². The summed E-state index contributed by atoms with van der Waals surface area (Å²) in [5.41, 5.74) is 5.16. The molecule has 0 spiro atoms. The van der Waals surface area contributed by atoms with Crippen molar-refractivity contribution in [3.05, 3.63) is 126 Å². The SMILES string of the molecule is N#Cc1ccccc1-c1ccc(C[n+]2ccc(C(=O)c3ccccc3)cc2)cc1.[Br-]. The van der Waals surface area contributed by atoms with E-state index >= 15 is 0 Å². The van der Waals surface area contributed by atoms with Crippen molar-refractivity contribution < 1.29 is 26.3 Å². The predicted molar refractivity (Wildman–Crippen MR) is 112 cm³/mol. The molecular weight excluding hydrogens is 436 g/mol. The number of rotatable bonds is 5. The minimum atomic E-state index is 0. The van der Waals surface area contributed by atoms with Crippen LogP contribution in [0.2, 0.25) is 0 Å². The molecule has 0 aliphatic rings. The van der Waals surface area contributed by atoms with Gasteiger partial charge in [0, 0.05) is 28.8 Å². The zero-order valence-corrected chi connectivity index (χ0v) is 17.8. The van der Waals surface area contributed by atoms with Crippen molar-refractivity contribution in [3.8, 4) is 17.2 Å². The Morgan fingerprint density at radius 3 is 2.03 bits per heavy atom. The van der Waals surface area contributed by atoms with Gasteiger partial charge in [-0.15, -0.1) is 0 Å². The Labute approximate surface area is 186 Å². The van der Waals surface area contributed by atoms with E-state index in [4.69, 9.17) is 0 Å². The maximum Gasteiger partial charge on any atom is 0.193 e. The summed E-state index contributed by atoms with van der Waals surface area (Å²) in [5.74, 6) is 0.0262. The molecule has 0 saturated heterocycles. The number of nitriles is 1. The van der Waals surface area contributed by atoms with E-state index in [0.717, 1.165) is 16.7 Å². The quantitative estimate of drug-likeness (QED) is 0.341. The van der Waals surface area contributed by atoms with Gasteiger partial charge in [-0.2, -0.15) is 5.26 Å². The summed E-state index contributed by atoms with van der Waals surface area (Å²) in [6, 6.07) is 31.1. The maximum absolute atomic E-state index is 12.5. The second kappa shape index (κ2) is 9.78. The first-order valence-electron chi connectivity index (χ1n) is 9.42. The Kier molecular flexibility index (Phi) is 6.90. The van der Waals surface area contributed by atoms with E-state index in [1.54, 1.807) is 0 Å². The average molecular weight is 455 g/mol. The first kappa shape index (κ1) is 21.2. The molecule has 1 heterocycles. The number of hydrogen-bond acceptors (Lipinski definition) is 2. The molecule has 3 nitrogen and oxygen atoms in total. The molecule has 4 aromatic rings. The zero-order valence-electron chi connectivity index (χ0n) is 16.2. The van der Waals surface area contributed by atoms with Gasteiger partial charge in [0.2, 0.25) is 0 Å². The normalized spacial score (nSPS) is 9.97. The highest BCUT2D eigenvalue weighted by molar-refractivity contribution is 6.08. The second-order valence-electron chi connectivity index (χ2n) is 6.81. The van der Waals surface area contributed by atoms with Gasteiger partial charge in [-0.3, -0.25) is 4.79 Å². The largest absolute Gasteiger partial charge is 1.00 e. The molecule has 3 aromatic carbocycles. The summed E-state index contributed by atoms with van der Waals surface area (Å²) in [6.07, 6.45) is 3.85. The van der Waals surface area contributed by atoms with Crippen LogP contribution in [-0.4, -0.2) is 5.78 Å². The van der Waals surface area contributed by atoms with Crippen LogP contribution in [0, 0.1) is 11.3 Å². The van der Waals surface area contributed by atoms with Gasteiger partial charge in [0.15, 0.2) is 24.7 Å². The molecule has 4 heteroatoms. The summed E-state index contributed by atoms with van der Waals surface area (Å²) in [7, 11) is 0. The molecule has 1 aromatic heterocycles. The highest BCUT2D eigenvalue weighted by atomic mass is 79.9. The first-order chi connectivity index (χ1) is 14.2. The fourth-order valence-electron chi connectivity index (χ4n) is 3.30. The van der Waals surface area contributed by atoms with E-state index in [9.17, 15) is 10.1 Å². The first-order valence-corrected chi connectivity index (χ1v) is 9.42. The number of carbonyl (C=O) groups is 1. The second-order valence-corrected chi connectivity index (χ2v) is 6.81. The fourth-order valence-corrected chi connectivity index (χ4v) is 3.30. The highest BCUT2D eigenvalue weighted by Crippen LogP contribution is 2.23. The van der Waals surface area contributed by atoms with Crippen LogP contribution in [0.25, 0.3) is 11.1 Å². The number of pyridine rings is 1. The number of carbonyl (C=O) groups excluding carboxylic acids is 1. The van der Waals surface area contributed by atoms with E-state index in [0.29, 0.717) is 23.2 Å². The van der Waals surface area contributed by atoms with Crippen molar-refractivity contribution in [3.63, 3.8) is 0 Å². The van der Waals surface area contributed by atoms with Gasteiger partial charge >= 0.3 is 0 Å². The van der Waals surface area contributed by atoms with E-state index in [-0.39, 0.29) is 22.8 Å². The summed E-state index contributed by atoms with van der Waals surface area (Å²) >= 11 is 0. The van der Waals surface area contributed by atoms with Gasteiger partial charge in [-0.25, -0.2) is 4.57 Å². The number of nitrogens with zero attached hydrogens (tertiary/aromatic N) is 2. The molecule has 0 bridgehead atoms. The van der Waals surface area contributed by atoms with Crippen molar-refractivity contribution in [2.45, 2.75) is 6.54 Å². The third-order valence-corrected chi connectivity index (χ3v) is 4.87. The van der Waals surface area contributed by atoms with E-state index in [1.807, 2.05) is 95.8 Å². The Morgan fingerprint density at radius 1 is 0.767 bits per heavy atom. The van der Waals surface area contributed by atoms with Crippen LogP contribution in [-0.2, 0) is 6.54 Å². The standard InChI is InChI=1S/C26H19N2O.BrH/c27-18-24-8-4-5-9-25(24)21-12-10-20(11-13-21)19-28-16-14-23(15-17-28)26(29)22-6-2-1-3-7-22;/h1-17H,19H2;1H/q+1;/p-1. The summed E-state index contributed by atoms with van der Waals surface area (Å²) < 4.78 is 2.04. The number of ketones is 1. The molecule has 0 amide bonds. The van der Waals surface area contributed by atoms with E-state index < -0.39 is 0 Å². The van der Waals surface area contributed by atoms with Crippen LogP contribution >= 0.6 is 0 Å². The molecule has 0 aliphatic carbocycles. The lowest BCUT2D eigenvalue weighted by molar-refractivity contribution is -0.688. The molecule has 4 rings (SSSR count). The van der Waals surface area contributed by atoms with Gasteiger partial charge in [-0.1, -0.05) is 72.8 Å². The molecule has 30 heavy (non-hydrogen) atoms. The lowest BCUT2D eigenvalue weighted by Crippen LogP contribution is -3.00. The summed E-state index contributed by atoms with van der Waals surface area (Å²) in [4.78, 5) is 12.5. The predicted octanol–water partition coefficient (Wildman–Crippen LogP) is 1.80. The van der Waals surface area contributed by atoms with Crippen LogP contribution in [0.1, 0.15) is 27.0 Å². The van der Waals surface area contributed by atoms with Crippen LogP contribution in [0.15, 0.2) is 103 Å². The molecule has 0 unspecified atom stereocenters. The summed E-state index contributed by atoms with van der Waals surface area (Å²) in [5, 5.41) is 9.29. The van der Waals surface area contributed by atoms with Gasteiger partial charge in [-0.05, 0) is 17.2 Å². The van der Waals surface area contributed by atoms with Crippen LogP contribution in [0.5, 0.6) is 0 Å². The molecular formula is C26H19BrN2O. The Hall–Kier alpha value is -3.55. The van der Waals surface area contributed by atoms with Crippen molar-refractivity contribution >= 4 is 5.78 Å². The lowest BCUT2D eigenvalue weighted by Gasteiger charge is -2.05. The smallest absolute Gasteiger partial charge is 0.193 e. The number of benzene rings is 3. The van der Waals surface area contributed by atoms with Crippen molar-refractivity contribution in [1.29, 1.82) is 5.26 Å². The number of aromatic nitrogens is 1. The molecule has 0 aliphatic heterocycles. The Bertz CT molecular complexity index is 1180. The molecule has 0 atom stereocenters. The van der Waals surface area contributed by atoms with Crippen molar-refractivity contribution in [2.75, 3.05) is 0 Å². The third kappa shape index (κ3) is 4.71. The minimum absolute atomic E-state index is 0. The monoisotopic (exact) mass is 454 g/mol. The average Bonchev–Trinajstić information content (AvgIpc) is 2.80. The van der Waals surface area contributed by atoms with Crippen LogP contribution in [0.3, 0.4) is 0 Å². The lowest BCUT2D eigenvalue weighted by atomic mass is 9.99. The Balaban J connectivity index is 0.00000256. The molecule has 0 fully saturated rings. The molecule has 146 valence electrons. The van der Waals surface area contributed by atoms with Crippen LogP contribution in [0.4, 0.5) is 0 Å². The van der Waals surface area contributed by atoms with Gasteiger partial charge in [0.1, 0.15) is 0 Å². The topological polar surface area (TPSA) is 44.7 Å². The maximum atomic E-state index is 12.5. The third-order valence-electron chi connectivity index (χ3n) is 4.87. The zero-order chi connectivity index (χ0) is 20.1. The Morgan fingerprint density at radius 2 is 1.37 bits per heavy atom. The van der Waals surface area contributed by atoms with Crippen LogP contribution < -0.4 is 21.5 Å². The minimum Gasteiger partial charge on any atom is -1.00 e. The molecule has 0 N–H and O–H groups in total. The number of hydrogen-bond donors (Lipinski definition) is 0. The number of halogens is 1. The fraction of sp³-hybridized carbons (Fsp3) is 0.0385. The van der Waals surface area contributed by atoms with E-state index in [2.05, 4.69) is 18.2 Å². The molecule has 0 radical (unpaired) electrons. The van der Waals surface area contributed by atoms with Gasteiger partial charge in [0.25, 0.3) is 0 Å². The molecule has 0 saturated carbocycles. The van der Waals surface area contributed by atoms with Crippen molar-refractivity contribution in [2.24, 2.45) is 0 Å². The van der Waals surface area contributed by atoms with Crippen molar-refractivity contribution in [1.82, 2.24) is 0 Å². The highest BCUT2D eigenvalue weighted by Gasteiger charge is 2.11. The van der Waals surface area contributed by atoms with Gasteiger partial charge < -0.3 is 17.0 Å². The summed E-state index contributed by atoms with van der Waals surface area (Å²) in [6.45, 7) is 0.708.